The summed E-state index contributed by atoms with van der Waals surface area (Å²) in [6, 6.07) is 5.59. The van der Waals surface area contributed by atoms with Gasteiger partial charge in [0.15, 0.2) is 18.0 Å². The van der Waals surface area contributed by atoms with Gasteiger partial charge < -0.3 is 28.6 Å². The van der Waals surface area contributed by atoms with Crippen LogP contribution < -0.4 is 5.32 Å². The van der Waals surface area contributed by atoms with Crippen molar-refractivity contribution in [2.45, 2.75) is 102 Å². The standard InChI is InChI=1S/C28H43N3O8/c1-4-5-6-7-11-18-35-20-28-25(38-27(2,3)39-28)24(23(37-28)19-30-16-9-8-10-17-30)36-26(32)29-21-12-14-22(15-13-21)31(33)34/h12-15,23-25H,4-11,16-20H2,1-3H3,(H,29,32)/t23-,24+,25-,28-/m0/s1. The van der Waals surface area contributed by atoms with E-state index in [2.05, 4.69) is 17.1 Å². The van der Waals surface area contributed by atoms with Crippen LogP contribution in [0.5, 0.6) is 0 Å². The molecule has 0 aliphatic carbocycles. The van der Waals surface area contributed by atoms with Gasteiger partial charge >= 0.3 is 6.09 Å². The van der Waals surface area contributed by atoms with Gasteiger partial charge in [0.25, 0.3) is 5.69 Å². The van der Waals surface area contributed by atoms with E-state index in [0.717, 1.165) is 38.8 Å². The second-order valence-corrected chi connectivity index (χ2v) is 11.1. The predicted octanol–water partition coefficient (Wildman–Crippen LogP) is 5.23. The molecule has 1 amide bonds. The molecule has 0 aromatic heterocycles. The summed E-state index contributed by atoms with van der Waals surface area (Å²) in [5, 5.41) is 13.6. The molecule has 11 nitrogen and oxygen atoms in total. The highest BCUT2D eigenvalue weighted by Crippen LogP contribution is 2.47. The molecule has 39 heavy (non-hydrogen) atoms. The number of carbonyl (C=O) groups is 1. The largest absolute Gasteiger partial charge is 0.440 e. The minimum Gasteiger partial charge on any atom is -0.440 e. The molecule has 3 saturated heterocycles. The Morgan fingerprint density at radius 2 is 1.82 bits per heavy atom. The molecule has 218 valence electrons. The Morgan fingerprint density at radius 1 is 1.10 bits per heavy atom. The van der Waals surface area contributed by atoms with Crippen LogP contribution in [-0.4, -0.2) is 78.7 Å². The number of benzene rings is 1. The lowest BCUT2D eigenvalue weighted by Crippen LogP contribution is -2.46. The second-order valence-electron chi connectivity index (χ2n) is 11.1. The number of likely N-dealkylation sites (tertiary alicyclic amines) is 1. The third-order valence-electron chi connectivity index (χ3n) is 7.43. The van der Waals surface area contributed by atoms with Crippen LogP contribution in [0, 0.1) is 10.1 Å². The van der Waals surface area contributed by atoms with Gasteiger partial charge in [0.2, 0.25) is 5.79 Å². The summed E-state index contributed by atoms with van der Waals surface area (Å²) in [6.07, 6.45) is 6.54. The molecule has 0 bridgehead atoms. The molecule has 1 N–H and O–H groups in total. The minimum atomic E-state index is -1.19. The van der Waals surface area contributed by atoms with Crippen molar-refractivity contribution in [1.29, 1.82) is 0 Å². The second kappa shape index (κ2) is 13.4. The minimum absolute atomic E-state index is 0.0615. The fraction of sp³-hybridized carbons (Fsp3) is 0.750. The van der Waals surface area contributed by atoms with Crippen LogP contribution in [-0.2, 0) is 23.7 Å². The SMILES string of the molecule is CCCCCCCOC[C@@]12O[C@@H](CN3CCCCC3)[C@@H](OC(=O)Nc3ccc([N+](=O)[O-])cc3)[C@@H]1OC(C)(C)O2. The number of nitro groups is 1. The Bertz CT molecular complexity index is 953. The number of rotatable bonds is 13. The molecule has 0 radical (unpaired) electrons. The topological polar surface area (TPSA) is 122 Å². The number of fused-ring (bicyclic) bond motifs is 1. The highest BCUT2D eigenvalue weighted by molar-refractivity contribution is 5.84. The van der Waals surface area contributed by atoms with Crippen LogP contribution in [0.4, 0.5) is 16.2 Å². The van der Waals surface area contributed by atoms with Crippen LogP contribution in [0.1, 0.15) is 72.1 Å². The number of unbranched alkanes of at least 4 members (excludes halogenated alkanes) is 4. The van der Waals surface area contributed by atoms with Crippen molar-refractivity contribution in [1.82, 2.24) is 4.90 Å². The summed E-state index contributed by atoms with van der Waals surface area (Å²) in [5.74, 6) is -2.13. The quantitative estimate of drug-likeness (QED) is 0.200. The number of ether oxygens (including phenoxy) is 5. The van der Waals surface area contributed by atoms with E-state index >= 15 is 0 Å². The molecule has 3 aliphatic rings. The van der Waals surface area contributed by atoms with E-state index < -0.39 is 40.9 Å². The van der Waals surface area contributed by atoms with Gasteiger partial charge in [-0.3, -0.25) is 15.4 Å². The monoisotopic (exact) mass is 549 g/mol. The van der Waals surface area contributed by atoms with Gasteiger partial charge in [0, 0.05) is 31.0 Å². The van der Waals surface area contributed by atoms with Crippen LogP contribution in [0.3, 0.4) is 0 Å². The van der Waals surface area contributed by atoms with Crippen molar-refractivity contribution in [2.24, 2.45) is 0 Å². The molecule has 1 aromatic carbocycles. The van der Waals surface area contributed by atoms with Crippen molar-refractivity contribution in [3.63, 3.8) is 0 Å². The zero-order valence-electron chi connectivity index (χ0n) is 23.4. The fourth-order valence-electron chi connectivity index (χ4n) is 5.60. The van der Waals surface area contributed by atoms with E-state index in [1.807, 2.05) is 13.8 Å². The number of nitrogens with one attached hydrogen (secondary N) is 1. The van der Waals surface area contributed by atoms with Gasteiger partial charge in [-0.1, -0.05) is 39.0 Å². The Balaban J connectivity index is 1.45. The van der Waals surface area contributed by atoms with E-state index in [9.17, 15) is 14.9 Å². The van der Waals surface area contributed by atoms with Gasteiger partial charge in [0.05, 0.1) is 4.92 Å². The lowest BCUT2D eigenvalue weighted by atomic mass is 10.0. The van der Waals surface area contributed by atoms with E-state index in [-0.39, 0.29) is 12.3 Å². The van der Waals surface area contributed by atoms with Gasteiger partial charge in [-0.15, -0.1) is 0 Å². The van der Waals surface area contributed by atoms with E-state index in [1.54, 1.807) is 0 Å². The molecule has 3 fully saturated rings. The number of nitrogens with zero attached hydrogens (tertiary/aromatic N) is 2. The summed E-state index contributed by atoms with van der Waals surface area (Å²) >= 11 is 0. The zero-order valence-corrected chi connectivity index (χ0v) is 23.4. The number of hydrogen-bond acceptors (Lipinski definition) is 9. The maximum atomic E-state index is 13.0. The van der Waals surface area contributed by atoms with Crippen LogP contribution in [0.15, 0.2) is 24.3 Å². The number of anilines is 1. The number of hydrogen-bond donors (Lipinski definition) is 1. The smallest absolute Gasteiger partial charge is 0.412 e. The van der Waals surface area contributed by atoms with Crippen molar-refractivity contribution < 1.29 is 33.4 Å². The summed E-state index contributed by atoms with van der Waals surface area (Å²) in [7, 11) is 0. The Kier molecular flexibility index (Phi) is 10.2. The van der Waals surface area contributed by atoms with Crippen LogP contribution in [0.25, 0.3) is 0 Å². The first-order valence-corrected chi connectivity index (χ1v) is 14.3. The summed E-state index contributed by atoms with van der Waals surface area (Å²) < 4.78 is 31.2. The van der Waals surface area contributed by atoms with Gasteiger partial charge in [-0.25, -0.2) is 4.79 Å². The third-order valence-corrected chi connectivity index (χ3v) is 7.43. The number of piperidine rings is 1. The molecule has 4 atom stereocenters. The first-order valence-electron chi connectivity index (χ1n) is 14.3. The van der Waals surface area contributed by atoms with Crippen LogP contribution >= 0.6 is 0 Å². The molecule has 0 unspecified atom stereocenters. The molecule has 11 heteroatoms. The summed E-state index contributed by atoms with van der Waals surface area (Å²) in [6.45, 7) is 9.09. The van der Waals surface area contributed by atoms with Gasteiger partial charge in [-0.05, 0) is 58.3 Å². The maximum absolute atomic E-state index is 13.0. The van der Waals surface area contributed by atoms with E-state index in [1.165, 1.54) is 49.9 Å². The first kappa shape index (κ1) is 29.7. The molecule has 0 spiro atoms. The van der Waals surface area contributed by atoms with E-state index in [4.69, 9.17) is 23.7 Å². The number of nitro benzene ring substituents is 1. The highest BCUT2D eigenvalue weighted by Gasteiger charge is 2.66. The van der Waals surface area contributed by atoms with Crippen LogP contribution in [0.2, 0.25) is 0 Å². The Morgan fingerprint density at radius 3 is 2.51 bits per heavy atom. The lowest BCUT2D eigenvalue weighted by molar-refractivity contribution is -0.384. The average molecular weight is 550 g/mol. The molecular weight excluding hydrogens is 506 g/mol. The van der Waals surface area contributed by atoms with Gasteiger partial charge in [0.1, 0.15) is 12.7 Å². The number of non-ortho nitro benzene ring substituents is 1. The van der Waals surface area contributed by atoms with E-state index in [0.29, 0.717) is 18.8 Å². The number of carbonyl (C=O) groups excluding carboxylic acids is 1. The van der Waals surface area contributed by atoms with Crippen molar-refractivity contribution in [3.8, 4) is 0 Å². The molecule has 3 aliphatic heterocycles. The van der Waals surface area contributed by atoms with Crippen molar-refractivity contribution in [2.75, 3.05) is 38.2 Å². The molecule has 0 saturated carbocycles. The molecule has 1 aromatic rings. The van der Waals surface area contributed by atoms with Crippen molar-refractivity contribution >= 4 is 17.5 Å². The molecular formula is C28H43N3O8. The maximum Gasteiger partial charge on any atom is 0.412 e. The highest BCUT2D eigenvalue weighted by atomic mass is 16.9. The predicted molar refractivity (Wildman–Crippen MR) is 144 cm³/mol. The summed E-state index contributed by atoms with van der Waals surface area (Å²) in [5.41, 5.74) is 0.326. The zero-order chi connectivity index (χ0) is 27.9. The Labute approximate surface area is 230 Å². The number of amides is 1. The first-order chi connectivity index (χ1) is 18.7. The van der Waals surface area contributed by atoms with Gasteiger partial charge in [-0.2, -0.15) is 0 Å². The molecule has 4 rings (SSSR count). The fourth-order valence-corrected chi connectivity index (χ4v) is 5.60. The van der Waals surface area contributed by atoms with Crippen molar-refractivity contribution in [3.05, 3.63) is 34.4 Å². The normalized spacial score (nSPS) is 28.2. The Hall–Kier alpha value is -2.31. The third kappa shape index (κ3) is 7.88. The summed E-state index contributed by atoms with van der Waals surface area (Å²) in [4.78, 5) is 25.8. The lowest BCUT2D eigenvalue weighted by Gasteiger charge is -2.33. The average Bonchev–Trinajstić information content (AvgIpc) is 3.30. The molecule has 3 heterocycles.